The van der Waals surface area contributed by atoms with Crippen molar-refractivity contribution in [2.75, 3.05) is 13.2 Å². The van der Waals surface area contributed by atoms with Crippen molar-refractivity contribution in [3.8, 4) is 0 Å². The molecule has 1 aromatic rings. The normalized spacial score (nSPS) is 21.2. The smallest absolute Gasteiger partial charge is 0.162 e. The number of nitrogens with zero attached hydrogens (tertiary/aromatic N) is 4. The van der Waals surface area contributed by atoms with Gasteiger partial charge >= 0.3 is 0 Å². The Balaban J connectivity index is 2.00. The Morgan fingerprint density at radius 1 is 1.64 bits per heavy atom. The van der Waals surface area contributed by atoms with Crippen LogP contribution in [0.3, 0.4) is 0 Å². The summed E-state index contributed by atoms with van der Waals surface area (Å²) in [5.74, 6) is 0. The number of ether oxygens (including phenoxy) is 1. The maximum atomic E-state index is 5.10. The highest BCUT2D eigenvalue weighted by molar-refractivity contribution is 4.79. The molecular weight excluding hydrogens is 144 g/mol. The zero-order valence-corrected chi connectivity index (χ0v) is 6.40. The summed E-state index contributed by atoms with van der Waals surface area (Å²) < 4.78 is 5.10. The minimum absolute atomic E-state index is 0.223. The fraction of sp³-hybridized carbons (Fsp3) is 0.833. The Bertz CT molecular complexity index is 229. The van der Waals surface area contributed by atoms with E-state index < -0.39 is 0 Å². The zero-order valence-electron chi connectivity index (χ0n) is 6.40. The molecule has 1 aliphatic heterocycles. The molecule has 1 fully saturated rings. The van der Waals surface area contributed by atoms with E-state index in [9.17, 15) is 0 Å². The molecule has 0 spiro atoms. The Hall–Kier alpha value is -0.970. The van der Waals surface area contributed by atoms with Crippen LogP contribution in [0.4, 0.5) is 0 Å². The number of rotatable bonds is 2. The van der Waals surface area contributed by atoms with Crippen molar-refractivity contribution in [3.05, 3.63) is 6.33 Å². The third-order valence-electron chi connectivity index (χ3n) is 1.82. The molecule has 5 nitrogen and oxygen atoms in total. The molecule has 1 saturated heterocycles. The van der Waals surface area contributed by atoms with Crippen LogP contribution in [-0.4, -0.2) is 33.4 Å². The fourth-order valence-corrected chi connectivity index (χ4v) is 1.14. The SMILES string of the molecule is CC1(Cn2ncnn2)COC1. The first-order valence-corrected chi connectivity index (χ1v) is 3.57. The van der Waals surface area contributed by atoms with E-state index in [2.05, 4.69) is 22.3 Å². The second-order valence-electron chi connectivity index (χ2n) is 3.27. The molecule has 0 amide bonds. The largest absolute Gasteiger partial charge is 0.380 e. The number of aromatic nitrogens is 4. The van der Waals surface area contributed by atoms with Gasteiger partial charge in [0.2, 0.25) is 0 Å². The highest BCUT2D eigenvalue weighted by Gasteiger charge is 2.34. The molecule has 5 heteroatoms. The van der Waals surface area contributed by atoms with Crippen molar-refractivity contribution < 1.29 is 4.74 Å². The minimum atomic E-state index is 0.223. The quantitative estimate of drug-likeness (QED) is 0.587. The van der Waals surface area contributed by atoms with Crippen molar-refractivity contribution in [2.45, 2.75) is 13.5 Å². The fourth-order valence-electron chi connectivity index (χ4n) is 1.14. The van der Waals surface area contributed by atoms with E-state index in [0.717, 1.165) is 19.8 Å². The topological polar surface area (TPSA) is 52.8 Å². The highest BCUT2D eigenvalue weighted by atomic mass is 16.5. The lowest BCUT2D eigenvalue weighted by Crippen LogP contribution is -2.43. The van der Waals surface area contributed by atoms with Crippen LogP contribution in [0.1, 0.15) is 6.92 Å². The van der Waals surface area contributed by atoms with E-state index in [-0.39, 0.29) is 5.41 Å². The Labute approximate surface area is 64.3 Å². The van der Waals surface area contributed by atoms with Gasteiger partial charge in [0.25, 0.3) is 0 Å². The minimum Gasteiger partial charge on any atom is -0.380 e. The van der Waals surface area contributed by atoms with Crippen LogP contribution in [0, 0.1) is 5.41 Å². The standard InChI is InChI=1S/C6H10N4O/c1-6(3-11-4-6)2-10-8-5-7-9-10/h5H,2-4H2,1H3. The predicted octanol–water partition coefficient (Wildman–Crippen LogP) is -0.290. The molecule has 0 aromatic carbocycles. The summed E-state index contributed by atoms with van der Waals surface area (Å²) in [6.07, 6.45) is 1.45. The van der Waals surface area contributed by atoms with Gasteiger partial charge in [-0.2, -0.15) is 4.80 Å². The summed E-state index contributed by atoms with van der Waals surface area (Å²) in [5.41, 5.74) is 0.223. The van der Waals surface area contributed by atoms with E-state index in [0.29, 0.717) is 0 Å². The van der Waals surface area contributed by atoms with Crippen molar-refractivity contribution in [1.29, 1.82) is 0 Å². The molecule has 2 rings (SSSR count). The van der Waals surface area contributed by atoms with Gasteiger partial charge in [0, 0.05) is 5.41 Å². The van der Waals surface area contributed by atoms with Gasteiger partial charge in [-0.3, -0.25) is 0 Å². The van der Waals surface area contributed by atoms with Crippen molar-refractivity contribution in [3.63, 3.8) is 0 Å². The van der Waals surface area contributed by atoms with Crippen LogP contribution >= 0.6 is 0 Å². The van der Waals surface area contributed by atoms with Crippen molar-refractivity contribution >= 4 is 0 Å². The Kier molecular flexibility index (Phi) is 1.38. The molecule has 1 aromatic heterocycles. The summed E-state index contributed by atoms with van der Waals surface area (Å²) in [7, 11) is 0. The molecule has 2 heterocycles. The lowest BCUT2D eigenvalue weighted by atomic mass is 9.89. The summed E-state index contributed by atoms with van der Waals surface area (Å²) in [4.78, 5) is 1.60. The first kappa shape index (κ1) is 6.72. The number of tetrazole rings is 1. The molecule has 0 atom stereocenters. The first-order chi connectivity index (χ1) is 5.29. The van der Waals surface area contributed by atoms with E-state index in [1.54, 1.807) is 4.80 Å². The van der Waals surface area contributed by atoms with Gasteiger partial charge < -0.3 is 4.74 Å². The van der Waals surface area contributed by atoms with Gasteiger partial charge in [-0.15, -0.1) is 10.2 Å². The molecular formula is C6H10N4O. The molecule has 0 unspecified atom stereocenters. The second kappa shape index (κ2) is 2.27. The van der Waals surface area contributed by atoms with Gasteiger partial charge in [0.1, 0.15) is 0 Å². The lowest BCUT2D eigenvalue weighted by Gasteiger charge is -2.36. The monoisotopic (exact) mass is 154 g/mol. The van der Waals surface area contributed by atoms with E-state index in [1.165, 1.54) is 6.33 Å². The first-order valence-electron chi connectivity index (χ1n) is 3.57. The third-order valence-corrected chi connectivity index (χ3v) is 1.82. The molecule has 0 saturated carbocycles. The number of hydrogen-bond donors (Lipinski definition) is 0. The Morgan fingerprint density at radius 2 is 2.45 bits per heavy atom. The van der Waals surface area contributed by atoms with Gasteiger partial charge in [-0.1, -0.05) is 6.92 Å². The molecule has 0 radical (unpaired) electrons. The van der Waals surface area contributed by atoms with E-state index >= 15 is 0 Å². The second-order valence-corrected chi connectivity index (χ2v) is 3.27. The Morgan fingerprint density at radius 3 is 2.91 bits per heavy atom. The molecule has 11 heavy (non-hydrogen) atoms. The van der Waals surface area contributed by atoms with Crippen LogP contribution in [0.5, 0.6) is 0 Å². The van der Waals surface area contributed by atoms with Gasteiger partial charge in [0.05, 0.1) is 19.8 Å². The summed E-state index contributed by atoms with van der Waals surface area (Å²) in [6, 6.07) is 0. The van der Waals surface area contributed by atoms with Gasteiger partial charge in [0.15, 0.2) is 6.33 Å². The third kappa shape index (κ3) is 1.23. The highest BCUT2D eigenvalue weighted by Crippen LogP contribution is 2.27. The summed E-state index contributed by atoms with van der Waals surface area (Å²) in [5, 5.41) is 11.3. The van der Waals surface area contributed by atoms with E-state index in [4.69, 9.17) is 4.74 Å². The zero-order chi connectivity index (χ0) is 7.73. The maximum Gasteiger partial charge on any atom is 0.162 e. The number of hydrogen-bond acceptors (Lipinski definition) is 4. The summed E-state index contributed by atoms with van der Waals surface area (Å²) >= 11 is 0. The predicted molar refractivity (Wildman–Crippen MR) is 36.7 cm³/mol. The molecule has 0 aliphatic carbocycles. The molecule has 60 valence electrons. The van der Waals surface area contributed by atoms with Crippen LogP contribution in [0.15, 0.2) is 6.33 Å². The van der Waals surface area contributed by atoms with E-state index in [1.807, 2.05) is 0 Å². The molecule has 1 aliphatic rings. The van der Waals surface area contributed by atoms with Crippen molar-refractivity contribution in [1.82, 2.24) is 20.2 Å². The lowest BCUT2D eigenvalue weighted by molar-refractivity contribution is -0.113. The summed E-state index contributed by atoms with van der Waals surface area (Å²) in [6.45, 7) is 4.55. The van der Waals surface area contributed by atoms with Crippen LogP contribution in [0.2, 0.25) is 0 Å². The van der Waals surface area contributed by atoms with Gasteiger partial charge in [-0.25, -0.2) is 0 Å². The van der Waals surface area contributed by atoms with Crippen LogP contribution < -0.4 is 0 Å². The molecule has 0 bridgehead atoms. The van der Waals surface area contributed by atoms with Gasteiger partial charge in [-0.05, 0) is 5.21 Å². The maximum absolute atomic E-state index is 5.10. The van der Waals surface area contributed by atoms with Crippen molar-refractivity contribution in [2.24, 2.45) is 5.41 Å². The molecule has 0 N–H and O–H groups in total. The van der Waals surface area contributed by atoms with Crippen LogP contribution in [0.25, 0.3) is 0 Å². The average molecular weight is 154 g/mol. The average Bonchev–Trinajstić information content (AvgIpc) is 2.36. The van der Waals surface area contributed by atoms with Crippen LogP contribution in [-0.2, 0) is 11.3 Å².